The molecule has 0 saturated heterocycles. The average molecular weight is 337 g/mol. The number of esters is 1. The lowest BCUT2D eigenvalue weighted by Crippen LogP contribution is -2.07. The fraction of sp³-hybridized carbons (Fsp3) is 0.0526. The van der Waals surface area contributed by atoms with Gasteiger partial charge >= 0.3 is 5.97 Å². The molecule has 3 rings (SSSR count). The molecular formula is C19H15NO3S. The molecule has 1 heterocycles. The minimum atomic E-state index is -0.448. The number of H-pyrrole nitrogens is 1. The Balaban J connectivity index is 1.64. The molecule has 3 aromatic rings. The summed E-state index contributed by atoms with van der Waals surface area (Å²) in [5.74, 6) is 0.994. The second kappa shape index (κ2) is 7.57. The van der Waals surface area contributed by atoms with Crippen LogP contribution in [0.25, 0.3) is 0 Å². The maximum absolute atomic E-state index is 12.0. The molecular weight excluding hydrogens is 322 g/mol. The van der Waals surface area contributed by atoms with Crippen molar-refractivity contribution in [2.24, 2.45) is 0 Å². The Morgan fingerprint density at radius 1 is 0.917 bits per heavy atom. The minimum absolute atomic E-state index is 0.153. The Morgan fingerprint density at radius 2 is 1.67 bits per heavy atom. The first-order valence-electron chi connectivity index (χ1n) is 7.39. The van der Waals surface area contributed by atoms with Gasteiger partial charge in [-0.25, -0.2) is 4.79 Å². The van der Waals surface area contributed by atoms with Crippen LogP contribution < -0.4 is 4.74 Å². The van der Waals surface area contributed by atoms with Crippen molar-refractivity contribution < 1.29 is 14.3 Å². The number of benzene rings is 2. The van der Waals surface area contributed by atoms with Gasteiger partial charge in [0.15, 0.2) is 0 Å². The summed E-state index contributed by atoms with van der Waals surface area (Å²) in [4.78, 5) is 14.8. The van der Waals surface area contributed by atoms with E-state index in [1.807, 2.05) is 54.6 Å². The van der Waals surface area contributed by atoms with Crippen LogP contribution in [-0.4, -0.2) is 11.0 Å². The largest absolute Gasteiger partial charge is 0.457 e. The molecule has 0 fully saturated rings. The number of aromatic nitrogens is 1. The molecule has 24 heavy (non-hydrogen) atoms. The van der Waals surface area contributed by atoms with Gasteiger partial charge in [-0.15, -0.1) is 0 Å². The third kappa shape index (κ3) is 4.30. The number of hydrogen-bond donors (Lipinski definition) is 1. The topological polar surface area (TPSA) is 51.3 Å². The number of aromatic amines is 1. The van der Waals surface area contributed by atoms with Gasteiger partial charge in [-0.1, -0.05) is 48.6 Å². The first-order valence-corrected chi connectivity index (χ1v) is 7.80. The number of ether oxygens (including phenoxy) is 2. The molecule has 0 spiro atoms. The van der Waals surface area contributed by atoms with E-state index in [1.165, 1.54) is 0 Å². The number of carbonyl (C=O) groups is 1. The van der Waals surface area contributed by atoms with Gasteiger partial charge in [-0.05, 0) is 42.0 Å². The summed E-state index contributed by atoms with van der Waals surface area (Å²) in [6.07, 6.45) is 0. The van der Waals surface area contributed by atoms with Gasteiger partial charge < -0.3 is 14.5 Å². The number of para-hydroxylation sites is 1. The predicted octanol–water partition coefficient (Wildman–Crippen LogP) is 4.89. The molecule has 0 unspecified atom stereocenters. The molecule has 0 bridgehead atoms. The van der Waals surface area contributed by atoms with E-state index in [2.05, 4.69) is 4.98 Å². The first-order chi connectivity index (χ1) is 11.7. The highest BCUT2D eigenvalue weighted by Gasteiger charge is 2.08. The van der Waals surface area contributed by atoms with E-state index >= 15 is 0 Å². The summed E-state index contributed by atoms with van der Waals surface area (Å²) in [5.41, 5.74) is 1.17. The smallest absolute Gasteiger partial charge is 0.355 e. The van der Waals surface area contributed by atoms with Crippen molar-refractivity contribution in [1.29, 1.82) is 0 Å². The predicted molar refractivity (Wildman–Crippen MR) is 93.7 cm³/mol. The van der Waals surface area contributed by atoms with Crippen molar-refractivity contribution >= 4 is 18.2 Å². The van der Waals surface area contributed by atoms with Crippen molar-refractivity contribution in [3.63, 3.8) is 0 Å². The summed E-state index contributed by atoms with van der Waals surface area (Å²) in [6, 6.07) is 22.0. The minimum Gasteiger partial charge on any atom is -0.457 e. The number of carbonyl (C=O) groups excluding carboxylic acids is 1. The van der Waals surface area contributed by atoms with E-state index in [1.54, 1.807) is 18.2 Å². The van der Waals surface area contributed by atoms with Gasteiger partial charge in [-0.3, -0.25) is 0 Å². The Hall–Kier alpha value is -2.92. The van der Waals surface area contributed by atoms with Crippen molar-refractivity contribution in [2.75, 3.05) is 0 Å². The molecule has 0 radical (unpaired) electrons. The van der Waals surface area contributed by atoms with E-state index in [9.17, 15) is 4.79 Å². The zero-order valence-electron chi connectivity index (χ0n) is 12.8. The summed E-state index contributed by atoms with van der Waals surface area (Å²) in [7, 11) is 0. The zero-order valence-corrected chi connectivity index (χ0v) is 13.6. The van der Waals surface area contributed by atoms with Gasteiger partial charge in [0, 0.05) is 0 Å². The molecule has 0 aliphatic heterocycles. The van der Waals surface area contributed by atoms with Crippen LogP contribution in [0, 0.1) is 4.64 Å². The lowest BCUT2D eigenvalue weighted by atomic mass is 10.2. The lowest BCUT2D eigenvalue weighted by molar-refractivity contribution is 0.0465. The second-order valence-electron chi connectivity index (χ2n) is 5.07. The fourth-order valence-electron chi connectivity index (χ4n) is 2.12. The zero-order chi connectivity index (χ0) is 16.8. The van der Waals surface area contributed by atoms with Crippen LogP contribution in [0.3, 0.4) is 0 Å². The molecule has 0 aliphatic carbocycles. The maximum atomic E-state index is 12.0. The van der Waals surface area contributed by atoms with E-state index in [0.29, 0.717) is 16.1 Å². The standard InChI is InChI=1S/C19H15NO3S/c21-19(17-10-5-11-18(24)20-17)22-13-14-6-4-9-16(12-14)23-15-7-2-1-3-8-15/h1-12H,13H2,(H,20,24). The molecule has 5 heteroatoms. The van der Waals surface area contributed by atoms with Crippen LogP contribution in [0.1, 0.15) is 16.1 Å². The Morgan fingerprint density at radius 3 is 2.46 bits per heavy atom. The quantitative estimate of drug-likeness (QED) is 0.532. The Labute approximate surface area is 144 Å². The van der Waals surface area contributed by atoms with Crippen LogP contribution in [0.2, 0.25) is 0 Å². The van der Waals surface area contributed by atoms with Crippen molar-refractivity contribution in [2.45, 2.75) is 6.61 Å². The molecule has 120 valence electrons. The third-order valence-electron chi connectivity index (χ3n) is 3.24. The van der Waals surface area contributed by atoms with Crippen LogP contribution in [0.5, 0.6) is 11.5 Å². The van der Waals surface area contributed by atoms with Crippen LogP contribution in [-0.2, 0) is 11.3 Å². The molecule has 1 aromatic heterocycles. The SMILES string of the molecule is O=C(OCc1cccc(Oc2ccccc2)c1)c1cccc(=S)[nH]1. The normalized spacial score (nSPS) is 10.2. The monoisotopic (exact) mass is 337 g/mol. The highest BCUT2D eigenvalue weighted by molar-refractivity contribution is 7.71. The lowest BCUT2D eigenvalue weighted by Gasteiger charge is -2.08. The van der Waals surface area contributed by atoms with Gasteiger partial charge in [0.1, 0.15) is 28.4 Å². The number of pyridine rings is 1. The van der Waals surface area contributed by atoms with Gasteiger partial charge in [0.2, 0.25) is 0 Å². The van der Waals surface area contributed by atoms with Crippen LogP contribution >= 0.6 is 12.2 Å². The fourth-order valence-corrected chi connectivity index (χ4v) is 2.31. The number of hydrogen-bond acceptors (Lipinski definition) is 4. The Kier molecular flexibility index (Phi) is 5.03. The molecule has 0 atom stereocenters. The molecule has 4 nitrogen and oxygen atoms in total. The number of rotatable bonds is 5. The molecule has 2 aromatic carbocycles. The van der Waals surface area contributed by atoms with Crippen molar-refractivity contribution in [1.82, 2.24) is 4.98 Å². The highest BCUT2D eigenvalue weighted by Crippen LogP contribution is 2.22. The van der Waals surface area contributed by atoms with E-state index in [0.717, 1.165) is 11.3 Å². The molecule has 1 N–H and O–H groups in total. The summed E-state index contributed by atoms with van der Waals surface area (Å²) in [6.45, 7) is 0.153. The van der Waals surface area contributed by atoms with Crippen LogP contribution in [0.4, 0.5) is 0 Å². The maximum Gasteiger partial charge on any atom is 0.355 e. The summed E-state index contributed by atoms with van der Waals surface area (Å²) >= 11 is 5.00. The molecule has 0 amide bonds. The summed E-state index contributed by atoms with van der Waals surface area (Å²) in [5, 5.41) is 0. The van der Waals surface area contributed by atoms with Crippen molar-refractivity contribution in [3.05, 3.63) is 88.7 Å². The van der Waals surface area contributed by atoms with Gasteiger partial charge in [-0.2, -0.15) is 0 Å². The first kappa shape index (κ1) is 16.0. The van der Waals surface area contributed by atoms with Crippen LogP contribution in [0.15, 0.2) is 72.8 Å². The number of nitrogens with one attached hydrogen (secondary N) is 1. The van der Waals surface area contributed by atoms with E-state index < -0.39 is 5.97 Å². The van der Waals surface area contributed by atoms with E-state index in [4.69, 9.17) is 21.7 Å². The molecule has 0 aliphatic rings. The Bertz CT molecular complexity index is 890. The highest BCUT2D eigenvalue weighted by atomic mass is 32.1. The van der Waals surface area contributed by atoms with Gasteiger partial charge in [0.25, 0.3) is 0 Å². The average Bonchev–Trinajstić information content (AvgIpc) is 2.61. The third-order valence-corrected chi connectivity index (χ3v) is 3.47. The molecule has 0 saturated carbocycles. The second-order valence-corrected chi connectivity index (χ2v) is 5.51. The van der Waals surface area contributed by atoms with E-state index in [-0.39, 0.29) is 6.61 Å². The van der Waals surface area contributed by atoms with Gasteiger partial charge in [0.05, 0.1) is 0 Å². The van der Waals surface area contributed by atoms with Crippen molar-refractivity contribution in [3.8, 4) is 11.5 Å². The summed E-state index contributed by atoms with van der Waals surface area (Å²) < 4.78 is 11.6.